The Kier molecular flexibility index (Phi) is 18.3. The lowest BCUT2D eigenvalue weighted by atomic mass is 10.2. The molecule has 3 aliphatic rings. The topological polar surface area (TPSA) is 318 Å². The molecule has 396 valence electrons. The normalized spacial score (nSPS) is 16.4. The molecule has 5 N–H and O–H groups in total. The first-order chi connectivity index (χ1) is 36.3. The molecule has 5 atom stereocenters. The summed E-state index contributed by atoms with van der Waals surface area (Å²) >= 11 is 18.4. The summed E-state index contributed by atoms with van der Waals surface area (Å²) in [5.41, 5.74) is 3.62. The second-order valence-electron chi connectivity index (χ2n) is 16.0. The van der Waals surface area contributed by atoms with E-state index in [2.05, 4.69) is 104 Å². The zero-order chi connectivity index (χ0) is 54.8. The van der Waals surface area contributed by atoms with Crippen LogP contribution in [-0.4, -0.2) is 103 Å². The number of aromatic nitrogens is 11. The number of anilines is 5. The molecule has 3 unspecified atom stereocenters. The van der Waals surface area contributed by atoms with E-state index in [0.29, 0.717) is 71.5 Å². The van der Waals surface area contributed by atoms with Crippen LogP contribution in [0.25, 0.3) is 11.4 Å². The minimum absolute atomic E-state index is 0.129. The fourth-order valence-corrected chi connectivity index (χ4v) is 7.81. The number of nitrogens with zero attached hydrogens (tertiary/aromatic N) is 11. The van der Waals surface area contributed by atoms with Crippen molar-refractivity contribution in [3.63, 3.8) is 0 Å². The van der Waals surface area contributed by atoms with Gasteiger partial charge in [-0.15, -0.1) is 10.2 Å². The Hall–Kier alpha value is -8.08. The Morgan fingerprint density at radius 2 is 1.07 bits per heavy atom. The van der Waals surface area contributed by atoms with Crippen LogP contribution in [0.4, 0.5) is 38.3 Å². The zero-order valence-corrected chi connectivity index (χ0v) is 45.6. The van der Waals surface area contributed by atoms with Crippen LogP contribution < -0.4 is 40.8 Å². The number of pyridine rings is 5. The molecule has 0 bridgehead atoms. The third-order valence-corrected chi connectivity index (χ3v) is 12.1. The molecule has 0 spiro atoms. The minimum Gasteiger partial charge on any atom is -0.463 e. The highest BCUT2D eigenvalue weighted by atomic mass is 79.9. The van der Waals surface area contributed by atoms with Crippen LogP contribution in [0.2, 0.25) is 10.3 Å². The van der Waals surface area contributed by atoms with E-state index in [4.69, 9.17) is 46.9 Å². The lowest BCUT2D eigenvalue weighted by Gasteiger charge is -2.22. The Morgan fingerprint density at radius 1 is 0.618 bits per heavy atom. The van der Waals surface area contributed by atoms with Crippen LogP contribution >= 0.6 is 55.1 Å². The number of nitrogens with one attached hydrogen (secondary N) is 5. The number of hydrogen-bond donors (Lipinski definition) is 5. The summed E-state index contributed by atoms with van der Waals surface area (Å²) in [5.74, 6) is 1.35. The Morgan fingerprint density at radius 3 is 1.59 bits per heavy atom. The standard InChI is InChI=1S/C19H18ClN7O4.C11H11BrClN5O2.C8H7BrN2O2.C8H8N2O2/c1-9(11-5-4-8-21-15(11)20)31-19(29)24-16-14(25-26-27(16)3)12-6-7-13-18(23-12)30-10(2)17(28)22-13;1-6(7-4-3-5-14-9(7)13)20-11(19)15-10-8(12)16-17-18(10)2;1-4-7(12)10-5-2-3-6(9)11-8(5)13-4;1-5-7(11)10-6-3-2-4-9-8(6)12-5/h4-10H,1-3H3,(H,22,28)(H,24,29);3-6H,1-2H3,(H,15,19);2-4H,1H3,(H,10,12);2-5H,1H3,(H,10,11)/t9-,10?;6-;;/m11../s1. The summed E-state index contributed by atoms with van der Waals surface area (Å²) in [6.07, 6.45) is 0.612. The molecule has 0 aromatic carbocycles. The van der Waals surface area contributed by atoms with Crippen LogP contribution in [0.5, 0.6) is 17.6 Å². The predicted molar refractivity (Wildman–Crippen MR) is 281 cm³/mol. The summed E-state index contributed by atoms with van der Waals surface area (Å²) in [6, 6.07) is 17.2. The van der Waals surface area contributed by atoms with Crippen molar-refractivity contribution in [2.45, 2.75) is 65.1 Å². The molecule has 0 saturated carbocycles. The molecule has 0 fully saturated rings. The van der Waals surface area contributed by atoms with Crippen molar-refractivity contribution < 1.29 is 47.7 Å². The van der Waals surface area contributed by atoms with E-state index >= 15 is 0 Å². The molecule has 0 aliphatic carbocycles. The van der Waals surface area contributed by atoms with Crippen LogP contribution in [0.1, 0.15) is 58.0 Å². The first kappa shape index (κ1) is 55.7. The molecular formula is C46H44Br2Cl2N16O10. The van der Waals surface area contributed by atoms with E-state index < -0.39 is 42.7 Å². The number of aryl methyl sites for hydroxylation is 2. The smallest absolute Gasteiger partial charge is 0.413 e. The van der Waals surface area contributed by atoms with Gasteiger partial charge in [0.15, 0.2) is 40.2 Å². The highest BCUT2D eigenvalue weighted by Gasteiger charge is 2.28. The van der Waals surface area contributed by atoms with Gasteiger partial charge in [-0.25, -0.2) is 43.9 Å². The van der Waals surface area contributed by atoms with E-state index in [-0.39, 0.29) is 34.6 Å². The summed E-state index contributed by atoms with van der Waals surface area (Å²) in [5, 5.41) is 29.3. The Balaban J connectivity index is 0.000000159. The van der Waals surface area contributed by atoms with Gasteiger partial charge in [0.05, 0.1) is 5.69 Å². The molecular weight excluding hydrogens is 1170 g/mol. The number of carbonyl (C=O) groups is 5. The van der Waals surface area contributed by atoms with Crippen molar-refractivity contribution in [3.8, 4) is 29.0 Å². The number of fused-ring (bicyclic) bond motifs is 3. The SMILES string of the molecule is CC1Oc2nc(-c3nnn(C)c3NC(=O)O[C@H](C)c3cccnc3Cl)ccc2NC1=O.CC1Oc2nc(Br)ccc2NC1=O.CC1Oc2ncccc2NC1=O.C[C@@H](OC(=O)Nc1c(Br)nnn1C)c1cccnc1Cl. The number of rotatable bonds is 7. The summed E-state index contributed by atoms with van der Waals surface area (Å²) in [4.78, 5) is 78.7. The molecule has 10 rings (SSSR count). The quantitative estimate of drug-likeness (QED) is 0.0938. The van der Waals surface area contributed by atoms with Crippen LogP contribution in [0, 0.1) is 0 Å². The third kappa shape index (κ3) is 14.0. The summed E-state index contributed by atoms with van der Waals surface area (Å²) in [6.45, 7) is 8.38. The monoisotopic (exact) mass is 1210 g/mol. The predicted octanol–water partition coefficient (Wildman–Crippen LogP) is 8.25. The minimum atomic E-state index is -0.728. The van der Waals surface area contributed by atoms with Gasteiger partial charge in [0, 0.05) is 43.8 Å². The van der Waals surface area contributed by atoms with E-state index in [0.717, 1.165) is 0 Å². The number of amides is 5. The number of halogens is 4. The van der Waals surface area contributed by atoms with Crippen molar-refractivity contribution in [1.29, 1.82) is 0 Å². The first-order valence-corrected chi connectivity index (χ1v) is 24.8. The molecule has 26 nitrogen and oxygen atoms in total. The molecule has 10 heterocycles. The summed E-state index contributed by atoms with van der Waals surface area (Å²) < 4.78 is 30.6. The molecule has 5 amide bonds. The maximum Gasteiger partial charge on any atom is 0.413 e. The summed E-state index contributed by atoms with van der Waals surface area (Å²) in [7, 11) is 3.26. The molecule has 0 saturated heterocycles. The van der Waals surface area contributed by atoms with Gasteiger partial charge in [0.1, 0.15) is 44.2 Å². The van der Waals surface area contributed by atoms with Gasteiger partial charge in [0.2, 0.25) is 17.6 Å². The fraction of sp³-hybridized carbons (Fsp3) is 0.261. The molecule has 7 aromatic rings. The van der Waals surface area contributed by atoms with Gasteiger partial charge >= 0.3 is 12.2 Å². The Labute approximate surface area is 458 Å². The van der Waals surface area contributed by atoms with Crippen molar-refractivity contribution in [2.24, 2.45) is 14.1 Å². The van der Waals surface area contributed by atoms with Crippen LogP contribution in [0.15, 0.2) is 88.5 Å². The van der Waals surface area contributed by atoms with Crippen LogP contribution in [0.3, 0.4) is 0 Å². The third-order valence-electron chi connectivity index (χ3n) is 10.5. The largest absolute Gasteiger partial charge is 0.463 e. The van der Waals surface area contributed by atoms with Crippen molar-refractivity contribution in [1.82, 2.24) is 54.9 Å². The molecule has 3 aliphatic heterocycles. The van der Waals surface area contributed by atoms with Gasteiger partial charge in [-0.2, -0.15) is 0 Å². The van der Waals surface area contributed by atoms with E-state index in [1.165, 1.54) is 9.36 Å². The molecule has 0 radical (unpaired) electrons. The molecule has 30 heteroatoms. The van der Waals surface area contributed by atoms with Gasteiger partial charge in [-0.05, 0) is 115 Å². The lowest BCUT2D eigenvalue weighted by Crippen LogP contribution is -2.34. The highest BCUT2D eigenvalue weighted by molar-refractivity contribution is 9.10. The maximum atomic E-state index is 12.5. The van der Waals surface area contributed by atoms with E-state index in [1.54, 1.807) is 128 Å². The van der Waals surface area contributed by atoms with Crippen molar-refractivity contribution in [3.05, 3.63) is 110 Å². The molecule has 7 aromatic heterocycles. The van der Waals surface area contributed by atoms with Crippen LogP contribution in [-0.2, 0) is 38.0 Å². The van der Waals surface area contributed by atoms with E-state index in [9.17, 15) is 24.0 Å². The highest BCUT2D eigenvalue weighted by Crippen LogP contribution is 2.34. The number of hydrogen-bond acceptors (Lipinski definition) is 19. The molecule has 76 heavy (non-hydrogen) atoms. The maximum absolute atomic E-state index is 12.5. The van der Waals surface area contributed by atoms with Gasteiger partial charge in [0.25, 0.3) is 17.7 Å². The zero-order valence-electron chi connectivity index (χ0n) is 40.9. The first-order valence-electron chi connectivity index (χ1n) is 22.4. The number of carbonyl (C=O) groups excluding carboxylic acids is 5. The average molecular weight is 1210 g/mol. The average Bonchev–Trinajstić information content (AvgIpc) is 3.91. The lowest BCUT2D eigenvalue weighted by molar-refractivity contribution is -0.123. The Bertz CT molecular complexity index is 3280. The van der Waals surface area contributed by atoms with Gasteiger partial charge in [-0.1, -0.05) is 45.8 Å². The van der Waals surface area contributed by atoms with E-state index in [1.807, 2.05) is 0 Å². The van der Waals surface area contributed by atoms with Gasteiger partial charge in [-0.3, -0.25) is 25.0 Å². The van der Waals surface area contributed by atoms with Crippen molar-refractivity contribution >= 4 is 114 Å². The fourth-order valence-electron chi connectivity index (χ4n) is 6.54. The second-order valence-corrected chi connectivity index (χ2v) is 18.3. The second kappa shape index (κ2) is 25.0. The number of ether oxygens (including phenoxy) is 5. The van der Waals surface area contributed by atoms with Crippen molar-refractivity contribution in [2.75, 3.05) is 26.6 Å². The van der Waals surface area contributed by atoms with Gasteiger partial charge < -0.3 is 39.6 Å².